The number of sulfonamides is 1. The van der Waals surface area contributed by atoms with Crippen LogP contribution in [0.1, 0.15) is 30.1 Å². The van der Waals surface area contributed by atoms with Crippen LogP contribution < -0.4 is 15.0 Å². The summed E-state index contributed by atoms with van der Waals surface area (Å²) >= 11 is 0. The molecule has 1 fully saturated rings. The number of piperidine rings is 1. The number of nitrogens with one attached hydrogen (secondary N) is 1. The zero-order chi connectivity index (χ0) is 24.0. The van der Waals surface area contributed by atoms with Crippen molar-refractivity contribution in [3.8, 4) is 11.5 Å². The minimum Gasteiger partial charge on any atom is -0.454 e. The van der Waals surface area contributed by atoms with Gasteiger partial charge < -0.3 is 14.5 Å². The Labute approximate surface area is 200 Å². The average molecular weight is 495 g/mol. The van der Waals surface area contributed by atoms with Crippen LogP contribution in [0.3, 0.4) is 0 Å². The summed E-state index contributed by atoms with van der Waals surface area (Å²) in [6, 6.07) is 14.4. The Morgan fingerprint density at radius 1 is 1.03 bits per heavy atom. The molecule has 4 heterocycles. The van der Waals surface area contributed by atoms with Gasteiger partial charge >= 0.3 is 0 Å². The van der Waals surface area contributed by atoms with E-state index in [2.05, 4.69) is 20.3 Å². The molecule has 0 unspecified atom stereocenters. The van der Waals surface area contributed by atoms with Crippen LogP contribution in [-0.4, -0.2) is 57.6 Å². The Kier molecular flexibility index (Phi) is 5.26. The van der Waals surface area contributed by atoms with Crippen molar-refractivity contribution < 1.29 is 17.9 Å². The molecule has 4 aromatic rings. The molecule has 0 saturated carbocycles. The highest BCUT2D eigenvalue weighted by molar-refractivity contribution is 7.89. The van der Waals surface area contributed by atoms with Gasteiger partial charge in [0.2, 0.25) is 16.8 Å². The van der Waals surface area contributed by atoms with E-state index < -0.39 is 10.0 Å². The predicted octanol–water partition coefficient (Wildman–Crippen LogP) is 1.86. The van der Waals surface area contributed by atoms with Crippen LogP contribution in [0.15, 0.2) is 58.2 Å². The molecule has 11 nitrogen and oxygen atoms in total. The Morgan fingerprint density at radius 2 is 1.80 bits per heavy atom. The Bertz CT molecular complexity index is 1560. The number of hydrogen-bond acceptors (Lipinski definition) is 8. The molecule has 12 heteroatoms. The van der Waals surface area contributed by atoms with Crippen LogP contribution in [0.2, 0.25) is 0 Å². The first kappa shape index (κ1) is 21.7. The van der Waals surface area contributed by atoms with Gasteiger partial charge in [0.15, 0.2) is 22.7 Å². The molecule has 2 aromatic carbocycles. The van der Waals surface area contributed by atoms with Gasteiger partial charge in [-0.25, -0.2) is 18.1 Å². The summed E-state index contributed by atoms with van der Waals surface area (Å²) in [7, 11) is -3.68. The fraction of sp³-hybridized carbons (Fsp3) is 0.304. The quantitative estimate of drug-likeness (QED) is 0.445. The maximum atomic E-state index is 13.2. The lowest BCUT2D eigenvalue weighted by atomic mass is 9.97. The Morgan fingerprint density at radius 3 is 2.60 bits per heavy atom. The van der Waals surface area contributed by atoms with Crippen molar-refractivity contribution in [2.75, 3.05) is 19.9 Å². The molecule has 2 aliphatic heterocycles. The van der Waals surface area contributed by atoms with Crippen LogP contribution in [0, 0.1) is 0 Å². The number of benzene rings is 2. The van der Waals surface area contributed by atoms with E-state index in [1.54, 1.807) is 10.7 Å². The number of nitrogens with zero attached hydrogens (tertiary/aromatic N) is 5. The maximum Gasteiger partial charge on any atom is 0.281 e. The normalized spacial score (nSPS) is 16.7. The number of aromatic nitrogens is 5. The molecule has 0 amide bonds. The third-order valence-corrected chi connectivity index (χ3v) is 8.28. The first-order valence-electron chi connectivity index (χ1n) is 11.3. The minimum atomic E-state index is -3.68. The lowest BCUT2D eigenvalue weighted by Crippen LogP contribution is -2.38. The molecule has 35 heavy (non-hydrogen) atoms. The lowest BCUT2D eigenvalue weighted by Gasteiger charge is -2.30. The molecule has 0 atom stereocenters. The molecule has 0 spiro atoms. The summed E-state index contributed by atoms with van der Waals surface area (Å²) in [4.78, 5) is 20.4. The van der Waals surface area contributed by atoms with Crippen molar-refractivity contribution in [1.82, 2.24) is 29.3 Å². The summed E-state index contributed by atoms with van der Waals surface area (Å²) in [5, 5.41) is 8.12. The van der Waals surface area contributed by atoms with Crippen molar-refractivity contribution in [3.05, 3.63) is 70.3 Å². The van der Waals surface area contributed by atoms with Gasteiger partial charge in [0.1, 0.15) is 5.82 Å². The molecular formula is C23H22N6O5S. The molecule has 0 radical (unpaired) electrons. The SMILES string of the molecule is O=c1[nH]c(C2CCN(S(=O)(=O)c3ccc4c(c3)OCO4)CC2)nc2c1nnn2Cc1ccccc1. The minimum absolute atomic E-state index is 0.0829. The third kappa shape index (κ3) is 3.94. The molecule has 0 bridgehead atoms. The van der Waals surface area contributed by atoms with E-state index >= 15 is 0 Å². The van der Waals surface area contributed by atoms with Crippen LogP contribution in [0.25, 0.3) is 11.2 Å². The highest BCUT2D eigenvalue weighted by Crippen LogP contribution is 2.36. The molecule has 2 aliphatic rings. The van der Waals surface area contributed by atoms with E-state index in [4.69, 9.17) is 9.47 Å². The first-order valence-corrected chi connectivity index (χ1v) is 12.7. The van der Waals surface area contributed by atoms with Gasteiger partial charge in [-0.3, -0.25) is 4.79 Å². The average Bonchev–Trinajstić information content (AvgIpc) is 3.52. The second-order valence-corrected chi connectivity index (χ2v) is 10.5. The van der Waals surface area contributed by atoms with E-state index in [1.165, 1.54) is 16.4 Å². The summed E-state index contributed by atoms with van der Waals surface area (Å²) in [5.41, 5.74) is 1.28. The molecular weight excluding hydrogens is 472 g/mol. The predicted molar refractivity (Wildman–Crippen MR) is 125 cm³/mol. The summed E-state index contributed by atoms with van der Waals surface area (Å²) in [6.45, 7) is 1.15. The Hall–Kier alpha value is -3.77. The van der Waals surface area contributed by atoms with Crippen molar-refractivity contribution in [2.45, 2.75) is 30.2 Å². The zero-order valence-corrected chi connectivity index (χ0v) is 19.4. The van der Waals surface area contributed by atoms with E-state index in [0.717, 1.165) is 5.56 Å². The Balaban J connectivity index is 1.22. The molecule has 0 aliphatic carbocycles. The molecule has 180 valence electrons. The third-order valence-electron chi connectivity index (χ3n) is 6.39. The summed E-state index contributed by atoms with van der Waals surface area (Å²) in [6.07, 6.45) is 1.05. The van der Waals surface area contributed by atoms with Gasteiger partial charge in [-0.1, -0.05) is 35.5 Å². The molecule has 1 saturated heterocycles. The van der Waals surface area contributed by atoms with E-state index in [9.17, 15) is 13.2 Å². The topological polar surface area (TPSA) is 132 Å². The largest absolute Gasteiger partial charge is 0.454 e. The number of rotatable bonds is 5. The standard InChI is InChI=1S/C23H22N6O5S/c30-23-20-22(29(27-26-20)13-15-4-2-1-3-5-15)24-21(25-23)16-8-10-28(11-9-16)35(31,32)17-6-7-18-19(12-17)34-14-33-18/h1-7,12,16H,8-11,13-14H2,(H,24,25,30). The van der Waals surface area contributed by atoms with E-state index in [0.29, 0.717) is 55.4 Å². The van der Waals surface area contributed by atoms with Gasteiger partial charge in [0.25, 0.3) is 5.56 Å². The van der Waals surface area contributed by atoms with Crippen molar-refractivity contribution in [2.24, 2.45) is 0 Å². The van der Waals surface area contributed by atoms with Gasteiger partial charge in [0, 0.05) is 25.1 Å². The number of hydrogen-bond donors (Lipinski definition) is 1. The van der Waals surface area contributed by atoms with Gasteiger partial charge in [-0.05, 0) is 30.5 Å². The number of aromatic amines is 1. The van der Waals surface area contributed by atoms with E-state index in [1.807, 2.05) is 30.3 Å². The number of H-pyrrole nitrogens is 1. The first-order chi connectivity index (χ1) is 17.0. The van der Waals surface area contributed by atoms with Crippen LogP contribution in [-0.2, 0) is 16.6 Å². The lowest BCUT2D eigenvalue weighted by molar-refractivity contribution is 0.174. The smallest absolute Gasteiger partial charge is 0.281 e. The zero-order valence-electron chi connectivity index (χ0n) is 18.6. The highest BCUT2D eigenvalue weighted by atomic mass is 32.2. The number of fused-ring (bicyclic) bond motifs is 2. The fourth-order valence-corrected chi connectivity index (χ4v) is 5.98. The van der Waals surface area contributed by atoms with Crippen molar-refractivity contribution in [1.29, 1.82) is 0 Å². The van der Waals surface area contributed by atoms with Crippen LogP contribution in [0.5, 0.6) is 11.5 Å². The fourth-order valence-electron chi connectivity index (χ4n) is 4.50. The highest BCUT2D eigenvalue weighted by Gasteiger charge is 2.32. The second-order valence-electron chi connectivity index (χ2n) is 8.55. The molecule has 2 aromatic heterocycles. The molecule has 6 rings (SSSR count). The van der Waals surface area contributed by atoms with Gasteiger partial charge in [-0.2, -0.15) is 4.31 Å². The van der Waals surface area contributed by atoms with Gasteiger partial charge in [0.05, 0.1) is 11.4 Å². The maximum absolute atomic E-state index is 13.2. The van der Waals surface area contributed by atoms with E-state index in [-0.39, 0.29) is 28.7 Å². The number of ether oxygens (including phenoxy) is 2. The second kappa shape index (κ2) is 8.47. The monoisotopic (exact) mass is 494 g/mol. The van der Waals surface area contributed by atoms with Crippen LogP contribution in [0.4, 0.5) is 0 Å². The van der Waals surface area contributed by atoms with Gasteiger partial charge in [-0.15, -0.1) is 5.10 Å². The summed E-state index contributed by atoms with van der Waals surface area (Å²) < 4.78 is 40.0. The van der Waals surface area contributed by atoms with Crippen molar-refractivity contribution in [3.63, 3.8) is 0 Å². The summed E-state index contributed by atoms with van der Waals surface area (Å²) in [5.74, 6) is 1.40. The molecule has 1 N–H and O–H groups in total. The van der Waals surface area contributed by atoms with Crippen LogP contribution >= 0.6 is 0 Å². The van der Waals surface area contributed by atoms with Crippen molar-refractivity contribution >= 4 is 21.2 Å².